The van der Waals surface area contributed by atoms with Gasteiger partial charge < -0.3 is 10.5 Å². The fraction of sp³-hybridized carbons (Fsp3) is 0.615. The lowest BCUT2D eigenvalue weighted by atomic mass is 9.96. The summed E-state index contributed by atoms with van der Waals surface area (Å²) in [5.41, 5.74) is 5.55. The summed E-state index contributed by atoms with van der Waals surface area (Å²) >= 11 is 1.69. The van der Waals surface area contributed by atoms with Crippen LogP contribution in [-0.2, 0) is 4.74 Å². The normalized spacial score (nSPS) is 23.7. The first-order valence-corrected chi connectivity index (χ1v) is 6.91. The molecule has 5 heteroatoms. The minimum Gasteiger partial charge on any atom is -0.444 e. The number of amides is 1. The molecule has 0 spiro atoms. The predicted molar refractivity (Wildman–Crippen MR) is 72.7 cm³/mol. The van der Waals surface area contributed by atoms with E-state index in [0.717, 1.165) is 4.88 Å². The molecule has 0 bridgehead atoms. The number of hydrogen-bond donors (Lipinski definition) is 1. The number of rotatable bonds is 1. The van der Waals surface area contributed by atoms with Gasteiger partial charge in [0, 0.05) is 22.3 Å². The SMILES string of the molecule is Cc1ccc(C2C(N)CN2C(=O)OC(C)(C)C)s1. The molecule has 1 aromatic rings. The molecular weight excluding hydrogens is 248 g/mol. The van der Waals surface area contributed by atoms with Gasteiger partial charge in [-0.15, -0.1) is 11.3 Å². The number of carbonyl (C=O) groups excluding carboxylic acids is 1. The number of thiophene rings is 1. The Bertz CT molecular complexity index is 450. The summed E-state index contributed by atoms with van der Waals surface area (Å²) in [5, 5.41) is 0. The van der Waals surface area contributed by atoms with Gasteiger partial charge in [0.15, 0.2) is 0 Å². The van der Waals surface area contributed by atoms with Gasteiger partial charge in [-0.3, -0.25) is 4.90 Å². The zero-order chi connectivity index (χ0) is 13.5. The van der Waals surface area contributed by atoms with E-state index in [-0.39, 0.29) is 18.2 Å². The summed E-state index contributed by atoms with van der Waals surface area (Å²) in [5.74, 6) is 0. The Hall–Kier alpha value is -1.07. The lowest BCUT2D eigenvalue weighted by molar-refractivity contribution is -0.0126. The van der Waals surface area contributed by atoms with E-state index in [1.807, 2.05) is 26.8 Å². The van der Waals surface area contributed by atoms with Gasteiger partial charge in [0.2, 0.25) is 0 Å². The van der Waals surface area contributed by atoms with Crippen LogP contribution >= 0.6 is 11.3 Å². The van der Waals surface area contributed by atoms with Crippen LogP contribution in [0.3, 0.4) is 0 Å². The third-order valence-corrected chi connectivity index (χ3v) is 3.90. The lowest BCUT2D eigenvalue weighted by Gasteiger charge is -2.45. The van der Waals surface area contributed by atoms with Crippen molar-refractivity contribution in [1.82, 2.24) is 4.90 Å². The van der Waals surface area contributed by atoms with Crippen LogP contribution in [0.4, 0.5) is 4.79 Å². The molecular formula is C13H20N2O2S. The zero-order valence-corrected chi connectivity index (χ0v) is 12.1. The van der Waals surface area contributed by atoms with Gasteiger partial charge in [0.05, 0.1) is 6.04 Å². The van der Waals surface area contributed by atoms with Gasteiger partial charge in [-0.05, 0) is 39.8 Å². The van der Waals surface area contributed by atoms with E-state index in [4.69, 9.17) is 10.5 Å². The Morgan fingerprint density at radius 2 is 2.17 bits per heavy atom. The van der Waals surface area contributed by atoms with E-state index in [0.29, 0.717) is 6.54 Å². The van der Waals surface area contributed by atoms with Crippen LogP contribution < -0.4 is 5.73 Å². The highest BCUT2D eigenvalue weighted by Gasteiger charge is 2.43. The second-order valence-electron chi connectivity index (χ2n) is 5.69. The van der Waals surface area contributed by atoms with Crippen molar-refractivity contribution in [3.63, 3.8) is 0 Å². The largest absolute Gasteiger partial charge is 0.444 e. The Morgan fingerprint density at radius 3 is 2.61 bits per heavy atom. The second-order valence-corrected chi connectivity index (χ2v) is 7.01. The van der Waals surface area contributed by atoms with Crippen molar-refractivity contribution in [3.05, 3.63) is 21.9 Å². The first kappa shape index (κ1) is 13.4. The minimum atomic E-state index is -0.466. The van der Waals surface area contributed by atoms with Crippen LogP contribution in [0.1, 0.15) is 36.6 Å². The molecule has 2 unspecified atom stereocenters. The van der Waals surface area contributed by atoms with Crippen molar-refractivity contribution in [2.45, 2.75) is 45.4 Å². The summed E-state index contributed by atoms with van der Waals surface area (Å²) < 4.78 is 5.38. The van der Waals surface area contributed by atoms with Gasteiger partial charge in [0.1, 0.15) is 5.60 Å². The Labute approximate surface area is 112 Å². The maximum atomic E-state index is 12.0. The van der Waals surface area contributed by atoms with E-state index < -0.39 is 5.60 Å². The number of nitrogens with zero attached hydrogens (tertiary/aromatic N) is 1. The van der Waals surface area contributed by atoms with Crippen molar-refractivity contribution in [2.75, 3.05) is 6.54 Å². The number of hydrogen-bond acceptors (Lipinski definition) is 4. The van der Waals surface area contributed by atoms with E-state index in [9.17, 15) is 4.79 Å². The monoisotopic (exact) mass is 268 g/mol. The molecule has 0 aliphatic carbocycles. The average Bonchev–Trinajstić information content (AvgIpc) is 2.57. The third-order valence-electron chi connectivity index (χ3n) is 2.83. The van der Waals surface area contributed by atoms with Crippen LogP contribution in [0.25, 0.3) is 0 Å². The Kier molecular flexibility index (Phi) is 3.38. The highest BCUT2D eigenvalue weighted by Crippen LogP contribution is 2.37. The molecule has 2 atom stereocenters. The van der Waals surface area contributed by atoms with Crippen LogP contribution in [0, 0.1) is 6.92 Å². The van der Waals surface area contributed by atoms with E-state index in [2.05, 4.69) is 13.0 Å². The van der Waals surface area contributed by atoms with Gasteiger partial charge in [-0.2, -0.15) is 0 Å². The summed E-state index contributed by atoms with van der Waals surface area (Å²) in [6, 6.07) is 4.08. The highest BCUT2D eigenvalue weighted by atomic mass is 32.1. The maximum Gasteiger partial charge on any atom is 0.410 e. The van der Waals surface area contributed by atoms with Gasteiger partial charge in [-0.1, -0.05) is 0 Å². The zero-order valence-electron chi connectivity index (χ0n) is 11.3. The van der Waals surface area contributed by atoms with Gasteiger partial charge in [-0.25, -0.2) is 4.79 Å². The van der Waals surface area contributed by atoms with E-state index >= 15 is 0 Å². The van der Waals surface area contributed by atoms with E-state index in [1.165, 1.54) is 4.88 Å². The van der Waals surface area contributed by atoms with Crippen molar-refractivity contribution in [2.24, 2.45) is 5.73 Å². The molecule has 1 aliphatic heterocycles. The van der Waals surface area contributed by atoms with Crippen LogP contribution in [0.2, 0.25) is 0 Å². The van der Waals surface area contributed by atoms with Crippen molar-refractivity contribution < 1.29 is 9.53 Å². The number of ether oxygens (including phenoxy) is 1. The third kappa shape index (κ3) is 2.67. The molecule has 1 aromatic heterocycles. The number of carbonyl (C=O) groups is 1. The molecule has 2 heterocycles. The Morgan fingerprint density at radius 1 is 1.50 bits per heavy atom. The molecule has 1 saturated heterocycles. The predicted octanol–water partition coefficient (Wildman–Crippen LogP) is 2.68. The fourth-order valence-electron chi connectivity index (χ4n) is 2.02. The minimum absolute atomic E-state index is 0.00979. The molecule has 1 aliphatic rings. The standard InChI is InChI=1S/C13H20N2O2S/c1-8-5-6-10(18-8)11-9(14)7-15(11)12(16)17-13(2,3)4/h5-6,9,11H,7,14H2,1-4H3. The first-order chi connectivity index (χ1) is 8.28. The quantitative estimate of drug-likeness (QED) is 0.852. The van der Waals surface area contributed by atoms with Crippen molar-refractivity contribution in [3.8, 4) is 0 Å². The molecule has 100 valence electrons. The number of likely N-dealkylation sites (tertiary alicyclic amines) is 1. The van der Waals surface area contributed by atoms with Gasteiger partial charge >= 0.3 is 6.09 Å². The smallest absolute Gasteiger partial charge is 0.410 e. The summed E-state index contributed by atoms with van der Waals surface area (Å²) in [6.45, 7) is 8.23. The molecule has 0 saturated carbocycles. The lowest BCUT2D eigenvalue weighted by Crippen LogP contribution is -2.60. The van der Waals surface area contributed by atoms with Gasteiger partial charge in [0.25, 0.3) is 0 Å². The second kappa shape index (κ2) is 4.55. The number of nitrogens with two attached hydrogens (primary N) is 1. The summed E-state index contributed by atoms with van der Waals surface area (Å²) in [6.07, 6.45) is -0.278. The molecule has 1 amide bonds. The summed E-state index contributed by atoms with van der Waals surface area (Å²) in [4.78, 5) is 16.1. The molecule has 0 aromatic carbocycles. The number of aryl methyl sites for hydroxylation is 1. The first-order valence-electron chi connectivity index (χ1n) is 6.09. The molecule has 0 radical (unpaired) electrons. The highest BCUT2D eigenvalue weighted by molar-refractivity contribution is 7.12. The molecule has 4 nitrogen and oxygen atoms in total. The van der Waals surface area contributed by atoms with Crippen LogP contribution in [-0.4, -0.2) is 29.2 Å². The maximum absolute atomic E-state index is 12.0. The molecule has 18 heavy (non-hydrogen) atoms. The fourth-order valence-corrected chi connectivity index (χ4v) is 3.09. The molecule has 2 rings (SSSR count). The molecule has 1 fully saturated rings. The van der Waals surface area contributed by atoms with Crippen LogP contribution in [0.5, 0.6) is 0 Å². The summed E-state index contributed by atoms with van der Waals surface area (Å²) in [7, 11) is 0. The van der Waals surface area contributed by atoms with E-state index in [1.54, 1.807) is 16.2 Å². The average molecular weight is 268 g/mol. The topological polar surface area (TPSA) is 55.6 Å². The van der Waals surface area contributed by atoms with Crippen molar-refractivity contribution in [1.29, 1.82) is 0 Å². The van der Waals surface area contributed by atoms with Crippen molar-refractivity contribution >= 4 is 17.4 Å². The van der Waals surface area contributed by atoms with Crippen LogP contribution in [0.15, 0.2) is 12.1 Å². The molecule has 2 N–H and O–H groups in total. The Balaban J connectivity index is 2.09.